The Balaban J connectivity index is 1.38. The summed E-state index contributed by atoms with van der Waals surface area (Å²) < 4.78 is 6.50. The molecular weight excluding hydrogens is 420 g/mol. The van der Waals surface area contributed by atoms with Gasteiger partial charge in [0.05, 0.1) is 17.1 Å². The number of carbonyl (C=O) groups excluding carboxylic acids is 2. The molecule has 1 saturated heterocycles. The zero-order valence-electron chi connectivity index (χ0n) is 19.1. The number of hydrogen-bond acceptors (Lipinski definition) is 6. The highest BCUT2D eigenvalue weighted by Crippen LogP contribution is 2.66. The van der Waals surface area contributed by atoms with E-state index in [4.69, 9.17) is 4.74 Å². The smallest absolute Gasteiger partial charge is 0.257 e. The summed E-state index contributed by atoms with van der Waals surface area (Å²) in [5, 5.41) is 23.2. The van der Waals surface area contributed by atoms with E-state index in [0.717, 1.165) is 36.6 Å². The van der Waals surface area contributed by atoms with E-state index in [0.29, 0.717) is 36.2 Å². The largest absolute Gasteiger partial charge is 0.504 e. The Morgan fingerprint density at radius 2 is 1.82 bits per heavy atom. The number of rotatable bonds is 3. The number of likely N-dealkylation sites (tertiary alicyclic amines) is 1. The van der Waals surface area contributed by atoms with Gasteiger partial charge in [-0.2, -0.15) is 0 Å². The summed E-state index contributed by atoms with van der Waals surface area (Å²) in [7, 11) is 0. The Morgan fingerprint density at radius 3 is 2.52 bits per heavy atom. The summed E-state index contributed by atoms with van der Waals surface area (Å²) in [6.45, 7) is 5.27. The molecule has 6 aliphatic rings. The zero-order valence-corrected chi connectivity index (χ0v) is 19.1. The maximum Gasteiger partial charge on any atom is 0.257 e. The van der Waals surface area contributed by atoms with Crippen molar-refractivity contribution in [3.05, 3.63) is 34.4 Å². The second-order valence-electron chi connectivity index (χ2n) is 11.1. The van der Waals surface area contributed by atoms with Crippen molar-refractivity contribution < 1.29 is 24.5 Å². The van der Waals surface area contributed by atoms with Crippen LogP contribution in [0, 0.1) is 5.92 Å². The molecule has 33 heavy (non-hydrogen) atoms. The number of phenolic OH excluding ortho intramolecular Hbond substituents is 1. The quantitative estimate of drug-likeness (QED) is 0.685. The molecule has 1 spiro atoms. The van der Waals surface area contributed by atoms with Crippen LogP contribution in [0.4, 0.5) is 0 Å². The van der Waals surface area contributed by atoms with Gasteiger partial charge in [0.2, 0.25) is 0 Å². The molecule has 3 aliphatic carbocycles. The van der Waals surface area contributed by atoms with E-state index in [1.165, 1.54) is 17.7 Å². The van der Waals surface area contributed by atoms with E-state index in [9.17, 15) is 19.8 Å². The standard InChI is InChI=1S/C26H30N2O5/c1-13-14(2)24(31)28(23(13)30)17-7-8-26(32)19-11-16-5-6-18(29)21-20(16)25(26,22(17)33-21)9-10-27(19)12-15-3-4-15/h5-6,15,17,19,22,29,32H,3-4,7-12H2,1-2H3/t17-,19+,22+,25+,26-/m1/s1. The molecule has 2 N–H and O–H groups in total. The molecule has 3 aliphatic heterocycles. The lowest BCUT2D eigenvalue weighted by molar-refractivity contribution is -0.201. The summed E-state index contributed by atoms with van der Waals surface area (Å²) in [4.78, 5) is 30.1. The Bertz CT molecular complexity index is 1130. The summed E-state index contributed by atoms with van der Waals surface area (Å²) >= 11 is 0. The minimum absolute atomic E-state index is 0.0199. The number of nitrogens with zero attached hydrogens (tertiary/aromatic N) is 2. The SMILES string of the molecule is CC1=C(C)C(=O)N([C@@H]2CC[C@@]3(O)[C@@H]4Cc5ccc(O)c6c5[C@@]3(CCN4CC3CC3)[C@H]2O6)C1=O. The Labute approximate surface area is 193 Å². The van der Waals surface area contributed by atoms with Crippen LogP contribution in [0.5, 0.6) is 11.5 Å². The van der Waals surface area contributed by atoms with Crippen LogP contribution in [0.15, 0.2) is 23.3 Å². The molecule has 2 amide bonds. The van der Waals surface area contributed by atoms with Gasteiger partial charge in [0.25, 0.3) is 11.8 Å². The Morgan fingerprint density at radius 1 is 1.09 bits per heavy atom. The van der Waals surface area contributed by atoms with Crippen LogP contribution >= 0.6 is 0 Å². The summed E-state index contributed by atoms with van der Waals surface area (Å²) in [5.74, 6) is 0.724. The maximum atomic E-state index is 13.1. The van der Waals surface area contributed by atoms with E-state index in [1.54, 1.807) is 19.9 Å². The van der Waals surface area contributed by atoms with Gasteiger partial charge in [0.15, 0.2) is 11.5 Å². The molecule has 2 bridgehead atoms. The Hall–Kier alpha value is -2.38. The fourth-order valence-corrected chi connectivity index (χ4v) is 7.80. The lowest BCUT2D eigenvalue weighted by atomic mass is 9.48. The lowest BCUT2D eigenvalue weighted by Crippen LogP contribution is -2.78. The molecule has 0 unspecified atom stereocenters. The first-order chi connectivity index (χ1) is 15.8. The molecule has 2 saturated carbocycles. The molecule has 3 heterocycles. The van der Waals surface area contributed by atoms with E-state index in [-0.39, 0.29) is 23.6 Å². The van der Waals surface area contributed by atoms with Gasteiger partial charge in [0.1, 0.15) is 6.10 Å². The van der Waals surface area contributed by atoms with Crippen molar-refractivity contribution >= 4 is 11.8 Å². The van der Waals surface area contributed by atoms with Gasteiger partial charge in [0, 0.05) is 29.3 Å². The summed E-state index contributed by atoms with van der Waals surface area (Å²) in [5.41, 5.74) is 1.26. The van der Waals surface area contributed by atoms with Gasteiger partial charge >= 0.3 is 0 Å². The number of amides is 2. The monoisotopic (exact) mass is 450 g/mol. The minimum atomic E-state index is -1.02. The fraction of sp³-hybridized carbons (Fsp3) is 0.615. The van der Waals surface area contributed by atoms with Crippen LogP contribution in [0.3, 0.4) is 0 Å². The van der Waals surface area contributed by atoms with Crippen molar-refractivity contribution in [3.8, 4) is 11.5 Å². The number of aromatic hydroxyl groups is 1. The topological polar surface area (TPSA) is 90.3 Å². The first-order valence-corrected chi connectivity index (χ1v) is 12.3. The number of benzene rings is 1. The van der Waals surface area contributed by atoms with E-state index < -0.39 is 23.2 Å². The van der Waals surface area contributed by atoms with Crippen molar-refractivity contribution in [2.24, 2.45) is 5.92 Å². The van der Waals surface area contributed by atoms with Crippen LogP contribution in [0.2, 0.25) is 0 Å². The van der Waals surface area contributed by atoms with Crippen molar-refractivity contribution in [2.45, 2.75) is 81.6 Å². The third-order valence-corrected chi connectivity index (χ3v) is 9.70. The number of hydrogen-bond donors (Lipinski definition) is 2. The van der Waals surface area contributed by atoms with Crippen molar-refractivity contribution in [1.29, 1.82) is 0 Å². The van der Waals surface area contributed by atoms with Crippen LogP contribution in [0.25, 0.3) is 0 Å². The Kier molecular flexibility index (Phi) is 3.76. The highest BCUT2D eigenvalue weighted by Gasteiger charge is 2.74. The van der Waals surface area contributed by atoms with Gasteiger partial charge in [-0.1, -0.05) is 6.07 Å². The fourth-order valence-electron chi connectivity index (χ4n) is 7.80. The predicted octanol–water partition coefficient (Wildman–Crippen LogP) is 2.03. The molecule has 0 radical (unpaired) electrons. The zero-order chi connectivity index (χ0) is 22.9. The molecule has 1 aromatic rings. The maximum absolute atomic E-state index is 13.1. The number of piperidine rings is 1. The molecule has 174 valence electrons. The van der Waals surface area contributed by atoms with Gasteiger partial charge in [-0.3, -0.25) is 19.4 Å². The van der Waals surface area contributed by atoms with Gasteiger partial charge in [-0.25, -0.2) is 0 Å². The number of aliphatic hydroxyl groups is 1. The lowest BCUT2D eigenvalue weighted by Gasteiger charge is -2.64. The average Bonchev–Trinajstić information content (AvgIpc) is 3.50. The number of carbonyl (C=O) groups is 2. The molecule has 5 atom stereocenters. The molecule has 7 rings (SSSR count). The van der Waals surface area contributed by atoms with Crippen LogP contribution in [0.1, 0.15) is 57.1 Å². The van der Waals surface area contributed by atoms with E-state index in [2.05, 4.69) is 4.90 Å². The first-order valence-electron chi connectivity index (χ1n) is 12.3. The van der Waals surface area contributed by atoms with Crippen molar-refractivity contribution in [3.63, 3.8) is 0 Å². The molecule has 0 aromatic heterocycles. The normalized spacial score (nSPS) is 39.2. The molecule has 7 heteroatoms. The third-order valence-electron chi connectivity index (χ3n) is 9.70. The number of ether oxygens (including phenoxy) is 1. The summed E-state index contributed by atoms with van der Waals surface area (Å²) in [6.07, 6.45) is 4.40. The first kappa shape index (κ1) is 20.0. The average molecular weight is 451 g/mol. The van der Waals surface area contributed by atoms with Crippen molar-refractivity contribution in [1.82, 2.24) is 9.80 Å². The molecule has 1 aromatic carbocycles. The number of phenols is 1. The van der Waals surface area contributed by atoms with Gasteiger partial charge < -0.3 is 14.9 Å². The van der Waals surface area contributed by atoms with Gasteiger partial charge in [-0.15, -0.1) is 0 Å². The highest BCUT2D eigenvalue weighted by molar-refractivity contribution is 6.19. The molecular formula is C26H30N2O5. The van der Waals surface area contributed by atoms with E-state index >= 15 is 0 Å². The van der Waals surface area contributed by atoms with Crippen LogP contribution < -0.4 is 4.74 Å². The second kappa shape index (κ2) is 6.19. The predicted molar refractivity (Wildman–Crippen MR) is 119 cm³/mol. The van der Waals surface area contributed by atoms with Crippen LogP contribution in [-0.2, 0) is 21.4 Å². The van der Waals surface area contributed by atoms with Crippen LogP contribution in [-0.4, -0.2) is 68.7 Å². The third kappa shape index (κ3) is 2.23. The second-order valence-corrected chi connectivity index (χ2v) is 11.1. The number of imide groups is 1. The molecule has 3 fully saturated rings. The minimum Gasteiger partial charge on any atom is -0.504 e. The summed E-state index contributed by atoms with van der Waals surface area (Å²) in [6, 6.07) is 3.17. The van der Waals surface area contributed by atoms with E-state index in [1.807, 2.05) is 6.07 Å². The van der Waals surface area contributed by atoms with Crippen molar-refractivity contribution in [2.75, 3.05) is 13.1 Å². The molecule has 7 nitrogen and oxygen atoms in total. The highest BCUT2D eigenvalue weighted by atomic mass is 16.5. The van der Waals surface area contributed by atoms with Gasteiger partial charge in [-0.05, 0) is 76.5 Å².